The summed E-state index contributed by atoms with van der Waals surface area (Å²) in [4.78, 5) is 0. The molecule has 2 aromatic carbocycles. The Labute approximate surface area is 162 Å². The van der Waals surface area contributed by atoms with Gasteiger partial charge in [-0.05, 0) is 55.0 Å². The molecule has 0 atom stereocenters. The highest BCUT2D eigenvalue weighted by Crippen LogP contribution is 2.32. The number of hydrogen-bond acceptors (Lipinski definition) is 5. The summed E-state index contributed by atoms with van der Waals surface area (Å²) in [5.41, 5.74) is 4.00. The number of hydrogen-bond donors (Lipinski definition) is 1. The number of ether oxygens (including phenoxy) is 2. The second kappa shape index (κ2) is 7.33. The molecule has 2 aromatic heterocycles. The zero-order valence-corrected chi connectivity index (χ0v) is 15.5. The van der Waals surface area contributed by atoms with Gasteiger partial charge in [-0.1, -0.05) is 12.1 Å². The summed E-state index contributed by atoms with van der Waals surface area (Å²) in [5, 5.41) is 17.1. The number of nitriles is 1. The molecular formula is C22H18N4O2. The Morgan fingerprint density at radius 1 is 1.04 bits per heavy atom. The number of anilines is 2. The van der Waals surface area contributed by atoms with Crippen molar-refractivity contribution >= 4 is 16.9 Å². The number of benzene rings is 2. The maximum Gasteiger partial charge on any atom is 0.169 e. The van der Waals surface area contributed by atoms with E-state index in [4.69, 9.17) is 9.47 Å². The Bertz CT molecular complexity index is 1170. The Morgan fingerprint density at radius 2 is 1.79 bits per heavy atom. The van der Waals surface area contributed by atoms with Crippen molar-refractivity contribution in [2.75, 3.05) is 12.4 Å². The van der Waals surface area contributed by atoms with E-state index in [0.29, 0.717) is 22.8 Å². The highest BCUT2D eigenvalue weighted by atomic mass is 16.5. The number of nitrogens with one attached hydrogen (secondary N) is 1. The predicted molar refractivity (Wildman–Crippen MR) is 107 cm³/mol. The van der Waals surface area contributed by atoms with Crippen molar-refractivity contribution in [2.24, 2.45) is 0 Å². The lowest BCUT2D eigenvalue weighted by molar-refractivity contribution is 0.379. The minimum absolute atomic E-state index is 0.489. The maximum absolute atomic E-state index is 9.47. The van der Waals surface area contributed by atoms with Gasteiger partial charge in [0.1, 0.15) is 11.8 Å². The van der Waals surface area contributed by atoms with Crippen LogP contribution in [0, 0.1) is 18.3 Å². The molecule has 0 fully saturated rings. The fourth-order valence-corrected chi connectivity index (χ4v) is 3.03. The van der Waals surface area contributed by atoms with Gasteiger partial charge in [0.05, 0.1) is 30.1 Å². The molecule has 28 heavy (non-hydrogen) atoms. The number of rotatable bonds is 5. The van der Waals surface area contributed by atoms with Gasteiger partial charge in [-0.25, -0.2) is 4.52 Å². The average molecular weight is 370 g/mol. The molecule has 0 radical (unpaired) electrons. The van der Waals surface area contributed by atoms with Gasteiger partial charge < -0.3 is 14.8 Å². The normalized spacial score (nSPS) is 10.5. The topological polar surface area (TPSA) is 71.6 Å². The van der Waals surface area contributed by atoms with Gasteiger partial charge in [-0.2, -0.15) is 10.4 Å². The molecule has 1 N–H and O–H groups in total. The highest BCUT2D eigenvalue weighted by Gasteiger charge is 2.12. The molecule has 0 bridgehead atoms. The smallest absolute Gasteiger partial charge is 0.169 e. The first kappa shape index (κ1) is 17.4. The number of nitrogens with zero attached hydrogens (tertiary/aromatic N) is 3. The maximum atomic E-state index is 9.47. The third-order valence-electron chi connectivity index (χ3n) is 4.43. The average Bonchev–Trinajstić information content (AvgIpc) is 3.11. The van der Waals surface area contributed by atoms with E-state index in [1.54, 1.807) is 17.8 Å². The third-order valence-corrected chi connectivity index (χ3v) is 4.43. The van der Waals surface area contributed by atoms with Crippen LogP contribution in [0.25, 0.3) is 5.52 Å². The largest absolute Gasteiger partial charge is 0.493 e. The van der Waals surface area contributed by atoms with Crippen molar-refractivity contribution in [1.29, 1.82) is 5.26 Å². The second-order valence-electron chi connectivity index (χ2n) is 6.24. The van der Waals surface area contributed by atoms with E-state index in [9.17, 15) is 5.26 Å². The molecule has 0 spiro atoms. The quantitative estimate of drug-likeness (QED) is 0.532. The minimum atomic E-state index is 0.489. The first-order valence-electron chi connectivity index (χ1n) is 8.74. The standard InChI is InChI=1S/C22H18N4O2/c1-15-11-12-26-22(15)21(16(13-23)14-24-26)25-17-7-9-18(10-8-17)28-20-6-4-3-5-19(20)27-2/h3-12,14,25H,1-2H3. The van der Waals surface area contributed by atoms with Crippen LogP contribution >= 0.6 is 0 Å². The summed E-state index contributed by atoms with van der Waals surface area (Å²) in [6.07, 6.45) is 3.44. The zero-order chi connectivity index (χ0) is 19.5. The van der Waals surface area contributed by atoms with Crippen molar-refractivity contribution in [3.05, 3.63) is 78.1 Å². The Hall–Kier alpha value is -3.98. The lowest BCUT2D eigenvalue weighted by Crippen LogP contribution is -2.00. The summed E-state index contributed by atoms with van der Waals surface area (Å²) >= 11 is 0. The van der Waals surface area contributed by atoms with E-state index in [1.165, 1.54) is 0 Å². The van der Waals surface area contributed by atoms with Crippen LogP contribution in [-0.2, 0) is 0 Å². The van der Waals surface area contributed by atoms with Crippen LogP contribution in [0.5, 0.6) is 17.2 Å². The summed E-state index contributed by atoms with van der Waals surface area (Å²) in [7, 11) is 1.61. The van der Waals surface area contributed by atoms with Crippen LogP contribution in [0.2, 0.25) is 0 Å². The summed E-state index contributed by atoms with van der Waals surface area (Å²) < 4.78 is 13.0. The lowest BCUT2D eigenvalue weighted by Gasteiger charge is -2.13. The summed E-state index contributed by atoms with van der Waals surface area (Å²) in [6, 6.07) is 19.2. The van der Waals surface area contributed by atoms with Crippen molar-refractivity contribution in [1.82, 2.24) is 9.61 Å². The number of aryl methyl sites for hydroxylation is 1. The van der Waals surface area contributed by atoms with Gasteiger partial charge >= 0.3 is 0 Å². The number of para-hydroxylation sites is 2. The summed E-state index contributed by atoms with van der Waals surface area (Å²) in [5.74, 6) is 2.01. The van der Waals surface area contributed by atoms with Crippen molar-refractivity contribution in [3.8, 4) is 23.3 Å². The van der Waals surface area contributed by atoms with Crippen LogP contribution in [0.4, 0.5) is 11.4 Å². The molecule has 4 rings (SSSR count). The molecule has 6 heteroatoms. The van der Waals surface area contributed by atoms with Gasteiger partial charge in [0.2, 0.25) is 0 Å². The van der Waals surface area contributed by atoms with Crippen LogP contribution < -0.4 is 14.8 Å². The monoisotopic (exact) mass is 370 g/mol. The van der Waals surface area contributed by atoms with E-state index in [0.717, 1.165) is 22.5 Å². The molecule has 4 aromatic rings. The first-order valence-corrected chi connectivity index (χ1v) is 8.74. The third kappa shape index (κ3) is 3.21. The predicted octanol–water partition coefficient (Wildman–Crippen LogP) is 5.06. The molecule has 138 valence electrons. The van der Waals surface area contributed by atoms with Crippen LogP contribution in [0.3, 0.4) is 0 Å². The van der Waals surface area contributed by atoms with Crippen molar-refractivity contribution in [3.63, 3.8) is 0 Å². The van der Waals surface area contributed by atoms with Gasteiger partial charge in [-0.15, -0.1) is 0 Å². The fourth-order valence-electron chi connectivity index (χ4n) is 3.03. The van der Waals surface area contributed by atoms with E-state index >= 15 is 0 Å². The lowest BCUT2D eigenvalue weighted by atomic mass is 10.2. The number of fused-ring (bicyclic) bond motifs is 1. The molecule has 0 aliphatic heterocycles. The molecular weight excluding hydrogens is 352 g/mol. The molecule has 0 amide bonds. The van der Waals surface area contributed by atoms with Gasteiger partial charge in [0.15, 0.2) is 11.5 Å². The second-order valence-corrected chi connectivity index (χ2v) is 6.24. The Balaban J connectivity index is 1.62. The number of aromatic nitrogens is 2. The zero-order valence-electron chi connectivity index (χ0n) is 15.5. The molecule has 0 saturated heterocycles. The van der Waals surface area contributed by atoms with Gasteiger partial charge in [0, 0.05) is 11.9 Å². The van der Waals surface area contributed by atoms with Crippen molar-refractivity contribution in [2.45, 2.75) is 6.92 Å². The Morgan fingerprint density at radius 3 is 2.50 bits per heavy atom. The van der Waals surface area contributed by atoms with Crippen LogP contribution in [0.1, 0.15) is 11.1 Å². The van der Waals surface area contributed by atoms with Gasteiger partial charge in [0.25, 0.3) is 0 Å². The molecule has 0 aliphatic carbocycles. The first-order chi connectivity index (χ1) is 13.7. The molecule has 2 heterocycles. The fraction of sp³-hybridized carbons (Fsp3) is 0.0909. The molecule has 0 aliphatic rings. The van der Waals surface area contributed by atoms with Crippen LogP contribution in [-0.4, -0.2) is 16.7 Å². The van der Waals surface area contributed by atoms with E-state index < -0.39 is 0 Å². The highest BCUT2D eigenvalue weighted by molar-refractivity contribution is 5.84. The van der Waals surface area contributed by atoms with E-state index in [2.05, 4.69) is 16.5 Å². The molecule has 0 unspecified atom stereocenters. The minimum Gasteiger partial charge on any atom is -0.493 e. The summed E-state index contributed by atoms with van der Waals surface area (Å²) in [6.45, 7) is 1.99. The van der Waals surface area contributed by atoms with E-state index in [-0.39, 0.29) is 0 Å². The van der Waals surface area contributed by atoms with Crippen LogP contribution in [0.15, 0.2) is 67.0 Å². The van der Waals surface area contributed by atoms with Crippen molar-refractivity contribution < 1.29 is 9.47 Å². The molecule has 6 nitrogen and oxygen atoms in total. The van der Waals surface area contributed by atoms with E-state index in [1.807, 2.05) is 67.7 Å². The number of methoxy groups -OCH3 is 1. The Kier molecular flexibility index (Phi) is 4.56. The SMILES string of the molecule is COc1ccccc1Oc1ccc(Nc2c(C#N)cnn3ccc(C)c23)cc1. The van der Waals surface area contributed by atoms with Gasteiger partial charge in [-0.3, -0.25) is 0 Å². The molecule has 0 saturated carbocycles.